The molecule has 0 radical (unpaired) electrons. The molecule has 0 bridgehead atoms. The summed E-state index contributed by atoms with van der Waals surface area (Å²) in [5, 5.41) is 9.53. The van der Waals surface area contributed by atoms with Gasteiger partial charge in [0.2, 0.25) is 5.43 Å². The van der Waals surface area contributed by atoms with Gasteiger partial charge < -0.3 is 20.1 Å². The van der Waals surface area contributed by atoms with E-state index in [1.165, 1.54) is 6.20 Å². The smallest absolute Gasteiger partial charge is 0.341 e. The number of nitrogens with two attached hydrogens (primary N) is 1. The minimum atomic E-state index is -1.21. The Kier molecular flexibility index (Phi) is 4.72. The first-order valence-corrected chi connectivity index (χ1v) is 6.75. The predicted octanol–water partition coefficient (Wildman–Crippen LogP) is 1.19. The first kappa shape index (κ1) is 15.2. The molecule has 2 aromatic rings. The Morgan fingerprint density at radius 2 is 2.19 bits per heavy atom. The molecule has 0 amide bonds. The number of hydrogen-bond donors (Lipinski definition) is 2. The van der Waals surface area contributed by atoms with Crippen molar-refractivity contribution in [2.45, 2.75) is 20.1 Å². The molecule has 0 aliphatic carbocycles. The van der Waals surface area contributed by atoms with Crippen LogP contribution in [-0.2, 0) is 17.9 Å². The minimum absolute atomic E-state index is 0.218. The van der Waals surface area contributed by atoms with Crippen molar-refractivity contribution in [1.29, 1.82) is 0 Å². The molecule has 0 saturated carbocycles. The molecule has 6 nitrogen and oxygen atoms in total. The van der Waals surface area contributed by atoms with Crippen LogP contribution in [0.15, 0.2) is 29.2 Å². The highest BCUT2D eigenvalue weighted by Crippen LogP contribution is 2.15. The third-order valence-corrected chi connectivity index (χ3v) is 3.25. The molecule has 0 spiro atoms. The highest BCUT2D eigenvalue weighted by molar-refractivity contribution is 5.92. The molecule has 0 unspecified atom stereocenters. The number of pyridine rings is 1. The van der Waals surface area contributed by atoms with Gasteiger partial charge in [-0.25, -0.2) is 4.79 Å². The van der Waals surface area contributed by atoms with E-state index in [2.05, 4.69) is 0 Å². The number of fused-ring (bicyclic) bond motifs is 1. The molecule has 0 aliphatic rings. The lowest BCUT2D eigenvalue weighted by Gasteiger charge is -2.11. The fourth-order valence-electron chi connectivity index (χ4n) is 2.22. The average molecular weight is 290 g/mol. The minimum Gasteiger partial charge on any atom is -0.477 e. The Labute approximate surface area is 121 Å². The Balaban J connectivity index is 2.56. The van der Waals surface area contributed by atoms with E-state index in [-0.39, 0.29) is 5.56 Å². The standard InChI is InChI=1S/C15H18N2O4/c1-2-17-8-12(15(19)20)14(18)11-7-10(3-4-13(11)17)9-21-6-5-16/h3-4,7-8H,2,5-6,9,16H2,1H3,(H,19,20). The largest absolute Gasteiger partial charge is 0.477 e. The highest BCUT2D eigenvalue weighted by Gasteiger charge is 2.14. The second-order valence-corrected chi connectivity index (χ2v) is 4.66. The molecule has 1 aromatic carbocycles. The Morgan fingerprint density at radius 1 is 1.43 bits per heavy atom. The number of aromatic nitrogens is 1. The van der Waals surface area contributed by atoms with E-state index in [0.717, 1.165) is 11.1 Å². The van der Waals surface area contributed by atoms with Gasteiger partial charge in [-0.3, -0.25) is 4.79 Å². The SMILES string of the molecule is CCn1cc(C(=O)O)c(=O)c2cc(COCCN)ccc21. The van der Waals surface area contributed by atoms with Gasteiger partial charge in [-0.05, 0) is 24.6 Å². The van der Waals surface area contributed by atoms with Crippen LogP contribution in [0.25, 0.3) is 10.9 Å². The third-order valence-electron chi connectivity index (χ3n) is 3.25. The van der Waals surface area contributed by atoms with E-state index in [0.29, 0.717) is 31.7 Å². The quantitative estimate of drug-likeness (QED) is 0.779. The van der Waals surface area contributed by atoms with Gasteiger partial charge in [0.1, 0.15) is 5.56 Å². The van der Waals surface area contributed by atoms with Crippen LogP contribution in [0.2, 0.25) is 0 Å². The predicted molar refractivity (Wildman–Crippen MR) is 79.6 cm³/mol. The van der Waals surface area contributed by atoms with Gasteiger partial charge in [0.15, 0.2) is 0 Å². The number of carboxylic acid groups (broad SMARTS) is 1. The van der Waals surface area contributed by atoms with Gasteiger partial charge >= 0.3 is 5.97 Å². The molecule has 112 valence electrons. The van der Waals surface area contributed by atoms with Crippen LogP contribution in [0.3, 0.4) is 0 Å². The molecule has 3 N–H and O–H groups in total. The molecule has 6 heteroatoms. The van der Waals surface area contributed by atoms with Gasteiger partial charge in [-0.2, -0.15) is 0 Å². The number of nitrogens with zero attached hydrogens (tertiary/aromatic N) is 1. The fourth-order valence-corrected chi connectivity index (χ4v) is 2.22. The van der Waals surface area contributed by atoms with Gasteiger partial charge in [-0.1, -0.05) is 6.07 Å². The summed E-state index contributed by atoms with van der Waals surface area (Å²) in [6.07, 6.45) is 1.39. The topological polar surface area (TPSA) is 94.5 Å². The van der Waals surface area contributed by atoms with Crippen molar-refractivity contribution in [3.63, 3.8) is 0 Å². The first-order chi connectivity index (χ1) is 10.1. The lowest BCUT2D eigenvalue weighted by atomic mass is 10.1. The molecule has 0 fully saturated rings. The Hall–Kier alpha value is -2.18. The third kappa shape index (κ3) is 3.12. The number of benzene rings is 1. The second kappa shape index (κ2) is 6.51. The number of carboxylic acids is 1. The maximum absolute atomic E-state index is 12.3. The van der Waals surface area contributed by atoms with Crippen molar-refractivity contribution in [3.8, 4) is 0 Å². The van der Waals surface area contributed by atoms with Crippen LogP contribution in [0.4, 0.5) is 0 Å². The summed E-state index contributed by atoms with van der Waals surface area (Å²) >= 11 is 0. The van der Waals surface area contributed by atoms with E-state index in [1.54, 1.807) is 10.6 Å². The summed E-state index contributed by atoms with van der Waals surface area (Å²) in [6, 6.07) is 5.37. The van der Waals surface area contributed by atoms with Crippen molar-refractivity contribution in [2.24, 2.45) is 5.73 Å². The van der Waals surface area contributed by atoms with Crippen LogP contribution in [0.1, 0.15) is 22.8 Å². The summed E-state index contributed by atoms with van der Waals surface area (Å²) in [6.45, 7) is 3.69. The van der Waals surface area contributed by atoms with Crippen LogP contribution >= 0.6 is 0 Å². The molecule has 1 heterocycles. The molecule has 2 rings (SSSR count). The maximum Gasteiger partial charge on any atom is 0.341 e. The van der Waals surface area contributed by atoms with Crippen molar-refractivity contribution >= 4 is 16.9 Å². The van der Waals surface area contributed by atoms with E-state index >= 15 is 0 Å². The number of aromatic carboxylic acids is 1. The van der Waals surface area contributed by atoms with Crippen LogP contribution in [0, 0.1) is 0 Å². The monoisotopic (exact) mass is 290 g/mol. The number of aryl methyl sites for hydroxylation is 1. The molecule has 0 aliphatic heterocycles. The van der Waals surface area contributed by atoms with Crippen molar-refractivity contribution < 1.29 is 14.6 Å². The molecular formula is C15H18N2O4. The van der Waals surface area contributed by atoms with Gasteiger partial charge in [-0.15, -0.1) is 0 Å². The summed E-state index contributed by atoms with van der Waals surface area (Å²) in [5.41, 5.74) is 6.20. The summed E-state index contributed by atoms with van der Waals surface area (Å²) < 4.78 is 7.10. The fraction of sp³-hybridized carbons (Fsp3) is 0.333. The molecule has 21 heavy (non-hydrogen) atoms. The van der Waals surface area contributed by atoms with Crippen molar-refractivity contribution in [1.82, 2.24) is 4.57 Å². The number of carbonyl (C=O) groups is 1. The molecular weight excluding hydrogens is 272 g/mol. The van der Waals surface area contributed by atoms with Crippen molar-refractivity contribution in [2.75, 3.05) is 13.2 Å². The number of hydrogen-bond acceptors (Lipinski definition) is 4. The average Bonchev–Trinajstić information content (AvgIpc) is 2.48. The van der Waals surface area contributed by atoms with Gasteiger partial charge in [0.25, 0.3) is 0 Å². The van der Waals surface area contributed by atoms with E-state index in [9.17, 15) is 9.59 Å². The van der Waals surface area contributed by atoms with E-state index in [1.807, 2.05) is 19.1 Å². The summed E-state index contributed by atoms with van der Waals surface area (Å²) in [5.74, 6) is -1.21. The van der Waals surface area contributed by atoms with Crippen LogP contribution < -0.4 is 11.2 Å². The molecule has 0 saturated heterocycles. The van der Waals surface area contributed by atoms with Gasteiger partial charge in [0.05, 0.1) is 18.7 Å². The lowest BCUT2D eigenvalue weighted by molar-refractivity contribution is 0.0695. The number of ether oxygens (including phenoxy) is 1. The zero-order chi connectivity index (χ0) is 15.4. The number of rotatable bonds is 6. The zero-order valence-electron chi connectivity index (χ0n) is 11.8. The van der Waals surface area contributed by atoms with E-state index in [4.69, 9.17) is 15.6 Å². The Morgan fingerprint density at radius 3 is 2.81 bits per heavy atom. The van der Waals surface area contributed by atoms with Crippen molar-refractivity contribution in [3.05, 3.63) is 45.7 Å². The van der Waals surface area contributed by atoms with E-state index < -0.39 is 11.4 Å². The first-order valence-electron chi connectivity index (χ1n) is 6.75. The highest BCUT2D eigenvalue weighted by atomic mass is 16.5. The van der Waals surface area contributed by atoms with Crippen LogP contribution in [-0.4, -0.2) is 28.8 Å². The Bertz CT molecular complexity index is 721. The summed E-state index contributed by atoms with van der Waals surface area (Å²) in [4.78, 5) is 23.4. The molecule has 0 atom stereocenters. The maximum atomic E-state index is 12.3. The second-order valence-electron chi connectivity index (χ2n) is 4.66. The molecule has 1 aromatic heterocycles. The zero-order valence-corrected chi connectivity index (χ0v) is 11.8. The lowest BCUT2D eigenvalue weighted by Crippen LogP contribution is -2.19. The normalized spacial score (nSPS) is 11.0. The van der Waals surface area contributed by atoms with Gasteiger partial charge in [0, 0.05) is 24.7 Å². The summed E-state index contributed by atoms with van der Waals surface area (Å²) in [7, 11) is 0. The van der Waals surface area contributed by atoms with Crippen LogP contribution in [0.5, 0.6) is 0 Å².